The van der Waals surface area contributed by atoms with Crippen LogP contribution in [0.25, 0.3) is 0 Å². The predicted octanol–water partition coefficient (Wildman–Crippen LogP) is 4.93. The number of nitrogens with one attached hydrogen (secondary N) is 1. The number of hydrogen-bond donors (Lipinski definition) is 1. The fourth-order valence-electron chi connectivity index (χ4n) is 2.67. The van der Waals surface area contributed by atoms with Crippen LogP contribution in [0.4, 0.5) is 18.9 Å². The minimum absolute atomic E-state index is 0.0521. The number of hydrogen-bond acceptors (Lipinski definition) is 3. The average molecular weight is 455 g/mol. The highest BCUT2D eigenvalue weighted by Gasteiger charge is 2.29. The minimum atomic E-state index is -3.86. The summed E-state index contributed by atoms with van der Waals surface area (Å²) < 4.78 is 66.7. The lowest BCUT2D eigenvalue weighted by Crippen LogP contribution is -2.35. The quantitative estimate of drug-likeness (QED) is 0.566. The lowest BCUT2D eigenvalue weighted by molar-refractivity contribution is 0.0107. The molecule has 9 heteroatoms. The number of rotatable bonds is 8. The Balaban J connectivity index is 2.10. The lowest BCUT2D eigenvalue weighted by Gasteiger charge is -2.25. The number of anilines is 1. The highest BCUT2D eigenvalue weighted by atomic mass is 79.9. The first kappa shape index (κ1) is 21.2. The van der Waals surface area contributed by atoms with Gasteiger partial charge in [-0.15, -0.1) is 0 Å². The van der Waals surface area contributed by atoms with Crippen LogP contribution < -0.4 is 5.32 Å². The lowest BCUT2D eigenvalue weighted by atomic mass is 10.1. The second kappa shape index (κ2) is 8.75. The van der Waals surface area contributed by atoms with Gasteiger partial charge in [-0.1, -0.05) is 22.0 Å². The van der Waals surface area contributed by atoms with Gasteiger partial charge < -0.3 is 5.32 Å². The molecule has 1 aromatic rings. The Hall–Kier alpha value is -1.06. The van der Waals surface area contributed by atoms with Crippen LogP contribution in [0.5, 0.6) is 0 Å². The van der Waals surface area contributed by atoms with Gasteiger partial charge in [-0.3, -0.25) is 0 Å². The van der Waals surface area contributed by atoms with Gasteiger partial charge in [0.05, 0.1) is 12.2 Å². The maximum atomic E-state index is 13.5. The largest absolute Gasteiger partial charge is 0.384 e. The van der Waals surface area contributed by atoms with E-state index in [1.165, 1.54) is 12.1 Å². The molecule has 0 saturated heterocycles. The van der Waals surface area contributed by atoms with Gasteiger partial charge in [0.1, 0.15) is 10.7 Å². The van der Waals surface area contributed by atoms with E-state index in [4.69, 9.17) is 0 Å². The van der Waals surface area contributed by atoms with Crippen LogP contribution in [-0.2, 0) is 10.0 Å². The third kappa shape index (κ3) is 5.99. The monoisotopic (exact) mass is 454 g/mol. The van der Waals surface area contributed by atoms with Crippen LogP contribution in [-0.4, -0.2) is 38.3 Å². The summed E-state index contributed by atoms with van der Waals surface area (Å²) in [5.41, 5.74) is 0.373. The first-order valence-electron chi connectivity index (χ1n) is 8.35. The van der Waals surface area contributed by atoms with E-state index in [0.29, 0.717) is 36.0 Å². The molecule has 0 atom stereocenters. The Morgan fingerprint density at radius 3 is 2.69 bits per heavy atom. The predicted molar refractivity (Wildman–Crippen MR) is 99.7 cm³/mol. The van der Waals surface area contributed by atoms with Gasteiger partial charge in [-0.05, 0) is 44.4 Å². The van der Waals surface area contributed by atoms with E-state index in [9.17, 15) is 21.6 Å². The van der Waals surface area contributed by atoms with Gasteiger partial charge in [-0.25, -0.2) is 21.6 Å². The van der Waals surface area contributed by atoms with Crippen molar-refractivity contribution < 1.29 is 21.6 Å². The van der Waals surface area contributed by atoms with Crippen LogP contribution >= 0.6 is 15.9 Å². The van der Waals surface area contributed by atoms with Crippen molar-refractivity contribution in [3.8, 4) is 0 Å². The fourth-order valence-corrected chi connectivity index (χ4v) is 4.60. The van der Waals surface area contributed by atoms with Crippen molar-refractivity contribution in [2.24, 2.45) is 0 Å². The Bertz CT molecular complexity index is 764. The van der Waals surface area contributed by atoms with Crippen LogP contribution in [0.2, 0.25) is 0 Å². The van der Waals surface area contributed by atoms with Crippen LogP contribution in [0.15, 0.2) is 39.5 Å². The second-order valence-corrected chi connectivity index (χ2v) is 9.19. The highest BCUT2D eigenvalue weighted by Crippen LogP contribution is 2.30. The molecule has 0 aliphatic carbocycles. The molecule has 0 aromatic heterocycles. The van der Waals surface area contributed by atoms with Gasteiger partial charge in [-0.2, -0.15) is 4.31 Å². The maximum absolute atomic E-state index is 13.5. The van der Waals surface area contributed by atoms with E-state index in [2.05, 4.69) is 21.2 Å². The summed E-state index contributed by atoms with van der Waals surface area (Å²) >= 11 is 3.30. The van der Waals surface area contributed by atoms with Crippen molar-refractivity contribution in [2.45, 2.75) is 43.4 Å². The summed E-state index contributed by atoms with van der Waals surface area (Å²) in [6.07, 6.45) is 2.31. The number of nitrogens with zero attached hydrogens (tertiary/aromatic N) is 1. The first-order valence-corrected chi connectivity index (χ1v) is 10.6. The van der Waals surface area contributed by atoms with Gasteiger partial charge in [0.25, 0.3) is 0 Å². The summed E-state index contributed by atoms with van der Waals surface area (Å²) in [4.78, 5) is 0.0521. The third-order valence-corrected chi connectivity index (χ3v) is 6.39. The van der Waals surface area contributed by atoms with E-state index in [-0.39, 0.29) is 24.4 Å². The average Bonchev–Trinajstić information content (AvgIpc) is 2.53. The van der Waals surface area contributed by atoms with Gasteiger partial charge in [0, 0.05) is 24.0 Å². The topological polar surface area (TPSA) is 49.4 Å². The molecule has 1 N–H and O–H groups in total. The number of unbranched alkanes of at least 4 members (excludes halogenated alkanes) is 1. The molecular formula is C17H22BrF3N2O2S. The van der Waals surface area contributed by atoms with Crippen molar-refractivity contribution in [3.05, 3.63) is 34.6 Å². The summed E-state index contributed by atoms with van der Waals surface area (Å²) in [5, 5.41) is 3.01. The molecule has 0 radical (unpaired) electrons. The molecule has 1 aliphatic heterocycles. The molecule has 1 aliphatic rings. The van der Waals surface area contributed by atoms with Crippen molar-refractivity contribution in [2.75, 3.05) is 25.0 Å². The Kier molecular flexibility index (Phi) is 7.15. The maximum Gasteiger partial charge on any atom is 0.245 e. The Morgan fingerprint density at radius 2 is 2.04 bits per heavy atom. The molecule has 0 saturated carbocycles. The molecule has 0 spiro atoms. The molecule has 26 heavy (non-hydrogen) atoms. The summed E-state index contributed by atoms with van der Waals surface area (Å²) in [5.74, 6) is -3.16. The Morgan fingerprint density at radius 1 is 1.31 bits per heavy atom. The summed E-state index contributed by atoms with van der Waals surface area (Å²) in [6.45, 7) is 1.19. The molecule has 0 amide bonds. The molecule has 4 nitrogen and oxygen atoms in total. The number of alkyl halides is 2. The van der Waals surface area contributed by atoms with Crippen molar-refractivity contribution in [1.29, 1.82) is 0 Å². The summed E-state index contributed by atoms with van der Waals surface area (Å²) in [7, 11) is -3.86. The van der Waals surface area contributed by atoms with E-state index in [0.717, 1.165) is 11.2 Å². The fraction of sp³-hybridized carbons (Fsp3) is 0.529. The zero-order valence-electron chi connectivity index (χ0n) is 14.4. The Labute approximate surface area is 160 Å². The molecule has 0 unspecified atom stereocenters. The third-order valence-electron chi connectivity index (χ3n) is 3.99. The van der Waals surface area contributed by atoms with E-state index in [1.807, 2.05) is 0 Å². The highest BCUT2D eigenvalue weighted by molar-refractivity contribution is 9.10. The first-order chi connectivity index (χ1) is 12.1. The van der Waals surface area contributed by atoms with E-state index < -0.39 is 21.8 Å². The molecule has 0 bridgehead atoms. The zero-order chi connectivity index (χ0) is 19.4. The molecule has 1 heterocycles. The molecular weight excluding hydrogens is 433 g/mol. The second-order valence-electron chi connectivity index (χ2n) is 6.37. The number of benzene rings is 1. The van der Waals surface area contributed by atoms with Crippen molar-refractivity contribution >= 4 is 31.6 Å². The van der Waals surface area contributed by atoms with Crippen molar-refractivity contribution in [1.82, 2.24) is 4.31 Å². The van der Waals surface area contributed by atoms with E-state index in [1.54, 1.807) is 12.1 Å². The molecule has 2 rings (SSSR count). The number of halogens is 4. The van der Waals surface area contributed by atoms with Gasteiger partial charge in [0.15, 0.2) is 0 Å². The van der Waals surface area contributed by atoms with Crippen LogP contribution in [0, 0.1) is 0 Å². The smallest absolute Gasteiger partial charge is 0.245 e. The van der Waals surface area contributed by atoms with E-state index >= 15 is 0 Å². The zero-order valence-corrected chi connectivity index (χ0v) is 16.8. The minimum Gasteiger partial charge on any atom is -0.384 e. The number of sulfonamides is 1. The van der Waals surface area contributed by atoms with Crippen LogP contribution in [0.3, 0.4) is 0 Å². The SMILES string of the molecule is CC(F)(F)CCCCNc1cc(Br)ccc1S(=O)(=O)N1CCC=C(F)C1. The molecule has 146 valence electrons. The molecule has 1 aromatic carbocycles. The van der Waals surface area contributed by atoms with Gasteiger partial charge >= 0.3 is 0 Å². The van der Waals surface area contributed by atoms with Crippen LogP contribution in [0.1, 0.15) is 32.6 Å². The normalized spacial score (nSPS) is 16.4. The van der Waals surface area contributed by atoms with Crippen molar-refractivity contribution in [3.63, 3.8) is 0 Å². The molecule has 0 fully saturated rings. The standard InChI is InChI=1S/C17H22BrF3N2O2S/c1-17(20,21)8-2-3-9-22-15-11-13(18)6-7-16(15)26(24,25)23-10-4-5-14(19)12-23/h5-7,11,22H,2-4,8-10,12H2,1H3. The van der Waals surface area contributed by atoms with Gasteiger partial charge in [0.2, 0.25) is 15.9 Å². The summed E-state index contributed by atoms with van der Waals surface area (Å²) in [6, 6.07) is 4.68.